The molecule has 3 aromatic heterocycles. The molecule has 0 amide bonds. The van der Waals surface area contributed by atoms with Crippen molar-refractivity contribution in [2.75, 3.05) is 10.6 Å². The molecule has 0 saturated heterocycles. The lowest BCUT2D eigenvalue weighted by molar-refractivity contribution is 0.598. The Morgan fingerprint density at radius 3 is 2.79 bits per heavy atom. The summed E-state index contributed by atoms with van der Waals surface area (Å²) in [5.74, 6) is 0.541. The first-order valence-electron chi connectivity index (χ1n) is 7.88. The van der Waals surface area contributed by atoms with E-state index in [0.717, 1.165) is 6.20 Å². The predicted octanol–water partition coefficient (Wildman–Crippen LogP) is 2.02. The molecule has 10 nitrogen and oxygen atoms in total. The zero-order valence-corrected chi connectivity index (χ0v) is 14.9. The van der Waals surface area contributed by atoms with E-state index in [0.29, 0.717) is 28.4 Å². The minimum absolute atomic E-state index is 0.0368. The van der Waals surface area contributed by atoms with E-state index < -0.39 is 15.8 Å². The van der Waals surface area contributed by atoms with E-state index in [1.807, 2.05) is 0 Å². The standard InChI is InChI=1S/C16H13FN8O2S/c17-9-6-12-14(20-8-9)24-25-15(12)22-13-4-5-19-16(23-13)21-10-2-1-3-11(7-10)28(18,26)27/h1-8H,(H2,18,26,27)(H3,19,20,21,22,23,24,25). The smallest absolute Gasteiger partial charge is 0.238 e. The van der Waals surface area contributed by atoms with Crippen molar-refractivity contribution in [2.45, 2.75) is 4.90 Å². The van der Waals surface area contributed by atoms with E-state index in [-0.39, 0.29) is 10.8 Å². The fourth-order valence-electron chi connectivity index (χ4n) is 2.47. The van der Waals surface area contributed by atoms with Crippen LogP contribution in [0.2, 0.25) is 0 Å². The molecule has 0 unspecified atom stereocenters. The van der Waals surface area contributed by atoms with E-state index in [4.69, 9.17) is 5.14 Å². The van der Waals surface area contributed by atoms with Crippen molar-refractivity contribution >= 4 is 44.3 Å². The molecule has 28 heavy (non-hydrogen) atoms. The number of aromatic amines is 1. The van der Waals surface area contributed by atoms with E-state index in [1.54, 1.807) is 18.2 Å². The number of pyridine rings is 1. The van der Waals surface area contributed by atoms with Crippen molar-refractivity contribution in [1.82, 2.24) is 25.1 Å². The lowest BCUT2D eigenvalue weighted by Crippen LogP contribution is -2.12. The van der Waals surface area contributed by atoms with Crippen molar-refractivity contribution in [3.63, 3.8) is 0 Å². The molecule has 3 heterocycles. The molecule has 0 bridgehead atoms. The molecular weight excluding hydrogens is 387 g/mol. The summed E-state index contributed by atoms with van der Waals surface area (Å²) >= 11 is 0. The third kappa shape index (κ3) is 3.72. The molecule has 0 spiro atoms. The zero-order valence-electron chi connectivity index (χ0n) is 14.1. The largest absolute Gasteiger partial charge is 0.325 e. The maximum atomic E-state index is 13.4. The molecule has 0 radical (unpaired) electrons. The van der Waals surface area contributed by atoms with Gasteiger partial charge in [-0.2, -0.15) is 10.1 Å². The van der Waals surface area contributed by atoms with Crippen LogP contribution >= 0.6 is 0 Å². The summed E-state index contributed by atoms with van der Waals surface area (Å²) in [6.07, 6.45) is 2.58. The number of nitrogens with one attached hydrogen (secondary N) is 3. The highest BCUT2D eigenvalue weighted by molar-refractivity contribution is 7.89. The number of benzene rings is 1. The second-order valence-corrected chi connectivity index (χ2v) is 7.27. The topological polar surface area (TPSA) is 152 Å². The number of sulfonamides is 1. The molecule has 142 valence electrons. The van der Waals surface area contributed by atoms with Gasteiger partial charge < -0.3 is 10.6 Å². The third-order valence-corrected chi connectivity index (χ3v) is 4.61. The minimum atomic E-state index is -3.83. The van der Waals surface area contributed by atoms with Gasteiger partial charge in [-0.3, -0.25) is 5.10 Å². The molecule has 5 N–H and O–H groups in total. The first-order chi connectivity index (χ1) is 13.4. The Labute approximate surface area is 158 Å². The third-order valence-electron chi connectivity index (χ3n) is 3.70. The molecule has 4 aromatic rings. The number of hydrogen-bond donors (Lipinski definition) is 4. The van der Waals surface area contributed by atoms with Crippen LogP contribution in [0.5, 0.6) is 0 Å². The quantitative estimate of drug-likeness (QED) is 0.397. The van der Waals surface area contributed by atoms with E-state index >= 15 is 0 Å². The normalized spacial score (nSPS) is 11.5. The molecule has 0 aliphatic heterocycles. The van der Waals surface area contributed by atoms with Crippen LogP contribution in [0.4, 0.5) is 27.7 Å². The maximum Gasteiger partial charge on any atom is 0.238 e. The van der Waals surface area contributed by atoms with Gasteiger partial charge in [0.2, 0.25) is 16.0 Å². The number of primary sulfonamides is 1. The number of nitrogens with two attached hydrogens (primary N) is 1. The van der Waals surface area contributed by atoms with Crippen LogP contribution < -0.4 is 15.8 Å². The van der Waals surface area contributed by atoms with Gasteiger partial charge in [0.15, 0.2) is 5.65 Å². The Balaban J connectivity index is 1.59. The molecule has 4 rings (SSSR count). The lowest BCUT2D eigenvalue weighted by Gasteiger charge is -2.08. The molecule has 12 heteroatoms. The highest BCUT2D eigenvalue weighted by atomic mass is 32.2. The van der Waals surface area contributed by atoms with Gasteiger partial charge >= 0.3 is 0 Å². The summed E-state index contributed by atoms with van der Waals surface area (Å²) in [5.41, 5.74) is 0.804. The van der Waals surface area contributed by atoms with E-state index in [2.05, 4.69) is 35.8 Å². The Hall–Kier alpha value is -3.64. The van der Waals surface area contributed by atoms with Gasteiger partial charge in [-0.25, -0.2) is 27.9 Å². The van der Waals surface area contributed by atoms with Crippen LogP contribution in [-0.2, 0) is 10.0 Å². The Bertz CT molecular complexity index is 1270. The van der Waals surface area contributed by atoms with Gasteiger partial charge in [-0.1, -0.05) is 6.07 Å². The first kappa shape index (κ1) is 17.8. The average Bonchev–Trinajstić information content (AvgIpc) is 3.03. The van der Waals surface area contributed by atoms with Gasteiger partial charge in [0.05, 0.1) is 16.5 Å². The number of fused-ring (bicyclic) bond motifs is 1. The highest BCUT2D eigenvalue weighted by Gasteiger charge is 2.11. The maximum absolute atomic E-state index is 13.4. The summed E-state index contributed by atoms with van der Waals surface area (Å²) < 4.78 is 36.4. The van der Waals surface area contributed by atoms with Crippen LogP contribution in [0.25, 0.3) is 11.0 Å². The van der Waals surface area contributed by atoms with Crippen LogP contribution in [-0.4, -0.2) is 33.6 Å². The van der Waals surface area contributed by atoms with Crippen LogP contribution in [0, 0.1) is 5.82 Å². The van der Waals surface area contributed by atoms with Crippen molar-refractivity contribution < 1.29 is 12.8 Å². The summed E-state index contributed by atoms with van der Waals surface area (Å²) in [5, 5.41) is 18.2. The molecule has 1 aromatic carbocycles. The van der Waals surface area contributed by atoms with Crippen molar-refractivity contribution in [3.8, 4) is 0 Å². The summed E-state index contributed by atoms with van der Waals surface area (Å²) in [4.78, 5) is 12.2. The molecule has 0 saturated carbocycles. The summed E-state index contributed by atoms with van der Waals surface area (Å²) in [7, 11) is -3.83. The lowest BCUT2D eigenvalue weighted by atomic mass is 10.3. The predicted molar refractivity (Wildman–Crippen MR) is 100 cm³/mol. The zero-order chi connectivity index (χ0) is 19.7. The van der Waals surface area contributed by atoms with Gasteiger partial charge in [0.25, 0.3) is 0 Å². The van der Waals surface area contributed by atoms with Gasteiger partial charge in [0.1, 0.15) is 17.5 Å². The number of anilines is 4. The average molecular weight is 400 g/mol. The number of rotatable bonds is 5. The fourth-order valence-corrected chi connectivity index (χ4v) is 3.03. The number of halogens is 1. The summed E-state index contributed by atoms with van der Waals surface area (Å²) in [6, 6.07) is 8.85. The highest BCUT2D eigenvalue weighted by Crippen LogP contribution is 2.23. The van der Waals surface area contributed by atoms with Crippen molar-refractivity contribution in [1.29, 1.82) is 0 Å². The second-order valence-electron chi connectivity index (χ2n) is 5.71. The van der Waals surface area contributed by atoms with Gasteiger partial charge in [-0.15, -0.1) is 0 Å². The summed E-state index contributed by atoms with van der Waals surface area (Å²) in [6.45, 7) is 0. The van der Waals surface area contributed by atoms with Crippen molar-refractivity contribution in [3.05, 3.63) is 54.6 Å². The molecule has 0 aliphatic carbocycles. The number of nitrogens with zero attached hydrogens (tertiary/aromatic N) is 4. The molecule has 0 atom stereocenters. The molecule has 0 fully saturated rings. The number of aromatic nitrogens is 5. The number of hydrogen-bond acceptors (Lipinski definition) is 8. The SMILES string of the molecule is NS(=O)(=O)c1cccc(Nc2nccc(Nc3[nH]nc4ncc(F)cc34)n2)c1. The van der Waals surface area contributed by atoms with Crippen molar-refractivity contribution in [2.24, 2.45) is 5.14 Å². The molecular formula is C16H13FN8O2S. The Kier molecular flexibility index (Phi) is 4.33. The Morgan fingerprint density at radius 1 is 1.11 bits per heavy atom. The van der Waals surface area contributed by atoms with Crippen LogP contribution in [0.1, 0.15) is 0 Å². The number of H-pyrrole nitrogens is 1. The van der Waals surface area contributed by atoms with Crippen LogP contribution in [0.15, 0.2) is 53.7 Å². The Morgan fingerprint density at radius 2 is 1.96 bits per heavy atom. The van der Waals surface area contributed by atoms with Gasteiger partial charge in [-0.05, 0) is 30.3 Å². The monoisotopic (exact) mass is 400 g/mol. The first-order valence-corrected chi connectivity index (χ1v) is 9.43. The van der Waals surface area contributed by atoms with Crippen LogP contribution in [0.3, 0.4) is 0 Å². The fraction of sp³-hybridized carbons (Fsp3) is 0. The minimum Gasteiger partial charge on any atom is -0.325 e. The molecule has 0 aliphatic rings. The van der Waals surface area contributed by atoms with E-state index in [1.165, 1.54) is 24.4 Å². The van der Waals surface area contributed by atoms with E-state index in [9.17, 15) is 12.8 Å². The second kappa shape index (κ2) is 6.83. The van der Waals surface area contributed by atoms with Gasteiger partial charge in [0, 0.05) is 11.9 Å².